The fraction of sp³-hybridized carbons (Fsp3) is 0.0769. The third-order valence-electron chi connectivity index (χ3n) is 2.58. The predicted octanol–water partition coefficient (Wildman–Crippen LogP) is 3.40. The zero-order valence-electron chi connectivity index (χ0n) is 10.8. The van der Waals surface area contributed by atoms with Crippen LogP contribution in [-0.2, 0) is 9.84 Å². The summed E-state index contributed by atoms with van der Waals surface area (Å²) in [7, 11) is -3.52. The van der Waals surface area contributed by atoms with Crippen LogP contribution in [0, 0.1) is 13.7 Å². The van der Waals surface area contributed by atoms with Gasteiger partial charge in [0.25, 0.3) is 0 Å². The molecule has 0 saturated carbocycles. The molecule has 2 aromatic carbocycles. The third-order valence-corrected chi connectivity index (χ3v) is 4.36. The van der Waals surface area contributed by atoms with Gasteiger partial charge in [-0.3, -0.25) is 10.1 Å². The molecule has 0 N–H and O–H groups in total. The zero-order valence-corrected chi connectivity index (χ0v) is 13.8. The smallest absolute Gasteiger partial charge is 0.312 e. The fourth-order valence-corrected chi connectivity index (χ4v) is 2.77. The van der Waals surface area contributed by atoms with Gasteiger partial charge >= 0.3 is 5.69 Å². The molecule has 0 bridgehead atoms. The molecule has 0 unspecified atom stereocenters. The molecule has 0 aliphatic carbocycles. The summed E-state index contributed by atoms with van der Waals surface area (Å²) < 4.78 is 29.3. The maximum atomic E-state index is 11.5. The maximum Gasteiger partial charge on any atom is 0.312 e. The average Bonchev–Trinajstić information content (AvgIpc) is 2.37. The number of nitro benzene ring substituents is 1. The number of hydrogen-bond acceptors (Lipinski definition) is 5. The predicted molar refractivity (Wildman–Crippen MR) is 85.4 cm³/mol. The summed E-state index contributed by atoms with van der Waals surface area (Å²) in [6.07, 6.45) is 0.992. The van der Waals surface area contributed by atoms with E-state index in [2.05, 4.69) is 22.6 Å². The van der Waals surface area contributed by atoms with Crippen LogP contribution in [0.5, 0.6) is 11.5 Å². The molecule has 0 atom stereocenters. The quantitative estimate of drug-likeness (QED) is 0.431. The van der Waals surface area contributed by atoms with Crippen molar-refractivity contribution in [3.05, 3.63) is 56.1 Å². The van der Waals surface area contributed by atoms with Crippen molar-refractivity contribution in [2.24, 2.45) is 0 Å². The molecule has 0 radical (unpaired) electrons. The molecule has 0 spiro atoms. The highest BCUT2D eigenvalue weighted by Crippen LogP contribution is 2.33. The highest BCUT2D eigenvalue weighted by Gasteiger charge is 2.20. The molecule has 6 nitrogen and oxygen atoms in total. The highest BCUT2D eigenvalue weighted by atomic mass is 127. The van der Waals surface area contributed by atoms with E-state index in [4.69, 9.17) is 4.74 Å². The van der Waals surface area contributed by atoms with Crippen molar-refractivity contribution in [1.82, 2.24) is 0 Å². The van der Waals surface area contributed by atoms with Gasteiger partial charge in [-0.05, 0) is 52.9 Å². The van der Waals surface area contributed by atoms with E-state index in [0.29, 0.717) is 5.75 Å². The zero-order chi connectivity index (χ0) is 15.6. The van der Waals surface area contributed by atoms with Crippen molar-refractivity contribution in [2.45, 2.75) is 4.90 Å². The second-order valence-corrected chi connectivity index (χ2v) is 7.48. The van der Waals surface area contributed by atoms with Crippen LogP contribution in [0.3, 0.4) is 0 Å². The van der Waals surface area contributed by atoms with Crippen LogP contribution >= 0.6 is 22.6 Å². The van der Waals surface area contributed by atoms with E-state index in [9.17, 15) is 18.5 Å². The lowest BCUT2D eigenvalue weighted by molar-refractivity contribution is -0.385. The summed E-state index contributed by atoms with van der Waals surface area (Å²) in [5.41, 5.74) is -0.392. The fourth-order valence-electron chi connectivity index (χ4n) is 1.61. The first kappa shape index (κ1) is 15.7. The van der Waals surface area contributed by atoms with Crippen LogP contribution in [0.1, 0.15) is 0 Å². The highest BCUT2D eigenvalue weighted by molar-refractivity contribution is 14.1. The second kappa shape index (κ2) is 5.98. The number of ether oxygens (including phenoxy) is 1. The Morgan fingerprint density at radius 2 is 1.90 bits per heavy atom. The normalized spacial score (nSPS) is 11.1. The van der Waals surface area contributed by atoms with E-state index in [1.165, 1.54) is 12.1 Å². The molecule has 0 aliphatic heterocycles. The molecule has 0 fully saturated rings. The summed E-state index contributed by atoms with van der Waals surface area (Å²) in [5, 5.41) is 11.1. The van der Waals surface area contributed by atoms with E-state index in [-0.39, 0.29) is 10.6 Å². The Bertz CT molecular complexity index is 804. The summed E-state index contributed by atoms with van der Waals surface area (Å²) in [4.78, 5) is 10.3. The van der Waals surface area contributed by atoms with Crippen LogP contribution in [0.15, 0.2) is 47.4 Å². The summed E-state index contributed by atoms with van der Waals surface area (Å²) in [6, 6.07) is 10.6. The van der Waals surface area contributed by atoms with Crippen molar-refractivity contribution in [3.8, 4) is 11.5 Å². The molecule has 8 heteroatoms. The molecule has 0 aliphatic rings. The van der Waals surface area contributed by atoms with Gasteiger partial charge < -0.3 is 4.74 Å². The van der Waals surface area contributed by atoms with Gasteiger partial charge in [-0.1, -0.05) is 6.07 Å². The summed E-state index contributed by atoms with van der Waals surface area (Å²) >= 11 is 2.09. The Labute approximate surface area is 135 Å². The standard InChI is InChI=1S/C13H10INO5S/c1-21(18,19)11-5-6-13(12(8-11)15(16)17)20-10-4-2-3-9(14)7-10/h2-8H,1H3. The van der Waals surface area contributed by atoms with Gasteiger partial charge in [0, 0.05) is 15.9 Å². The van der Waals surface area contributed by atoms with Crippen LogP contribution in [-0.4, -0.2) is 19.6 Å². The number of hydrogen-bond donors (Lipinski definition) is 0. The lowest BCUT2D eigenvalue weighted by atomic mass is 10.3. The van der Waals surface area contributed by atoms with E-state index >= 15 is 0 Å². The third kappa shape index (κ3) is 3.91. The second-order valence-electron chi connectivity index (χ2n) is 4.22. The first-order chi connectivity index (χ1) is 9.77. The van der Waals surface area contributed by atoms with Gasteiger partial charge in [-0.25, -0.2) is 8.42 Å². The lowest BCUT2D eigenvalue weighted by Gasteiger charge is -2.07. The van der Waals surface area contributed by atoms with E-state index < -0.39 is 20.4 Å². The molecule has 0 saturated heterocycles. The number of halogens is 1. The first-order valence-corrected chi connectivity index (χ1v) is 8.66. The van der Waals surface area contributed by atoms with Crippen molar-refractivity contribution < 1.29 is 18.1 Å². The molecular formula is C13H10INO5S. The van der Waals surface area contributed by atoms with Gasteiger partial charge in [-0.15, -0.1) is 0 Å². The number of sulfone groups is 1. The average molecular weight is 419 g/mol. The number of rotatable bonds is 4. The Kier molecular flexibility index (Phi) is 4.47. The number of nitrogens with zero attached hydrogens (tertiary/aromatic N) is 1. The lowest BCUT2D eigenvalue weighted by Crippen LogP contribution is -2.00. The molecular weight excluding hydrogens is 409 g/mol. The topological polar surface area (TPSA) is 86.5 Å². The number of nitro groups is 1. The largest absolute Gasteiger partial charge is 0.450 e. The van der Waals surface area contributed by atoms with Crippen LogP contribution < -0.4 is 4.74 Å². The van der Waals surface area contributed by atoms with E-state index in [1.807, 2.05) is 6.07 Å². The minimum absolute atomic E-state index is 0.00519. The van der Waals surface area contributed by atoms with Crippen LogP contribution in [0.25, 0.3) is 0 Å². The van der Waals surface area contributed by atoms with E-state index in [0.717, 1.165) is 15.9 Å². The molecule has 2 aromatic rings. The monoisotopic (exact) mass is 419 g/mol. The van der Waals surface area contributed by atoms with E-state index in [1.54, 1.807) is 18.2 Å². The van der Waals surface area contributed by atoms with Crippen molar-refractivity contribution in [3.63, 3.8) is 0 Å². The Morgan fingerprint density at radius 3 is 2.48 bits per heavy atom. The maximum absolute atomic E-state index is 11.5. The van der Waals surface area contributed by atoms with Gasteiger partial charge in [0.15, 0.2) is 9.84 Å². The summed E-state index contributed by atoms with van der Waals surface area (Å²) in [5.74, 6) is 0.437. The first-order valence-electron chi connectivity index (χ1n) is 5.69. The SMILES string of the molecule is CS(=O)(=O)c1ccc(Oc2cccc(I)c2)c([N+](=O)[O-])c1. The molecule has 2 rings (SSSR count). The minimum atomic E-state index is -3.52. The van der Waals surface area contributed by atoms with Gasteiger partial charge in [-0.2, -0.15) is 0 Å². The van der Waals surface area contributed by atoms with Crippen molar-refractivity contribution >= 4 is 38.1 Å². The molecule has 0 heterocycles. The van der Waals surface area contributed by atoms with Gasteiger partial charge in [0.2, 0.25) is 5.75 Å². The van der Waals surface area contributed by atoms with Crippen LogP contribution in [0.4, 0.5) is 5.69 Å². The Morgan fingerprint density at radius 1 is 1.19 bits per heavy atom. The van der Waals surface area contributed by atoms with Crippen molar-refractivity contribution in [2.75, 3.05) is 6.26 Å². The van der Waals surface area contributed by atoms with Crippen molar-refractivity contribution in [1.29, 1.82) is 0 Å². The molecule has 0 amide bonds. The molecule has 21 heavy (non-hydrogen) atoms. The molecule has 0 aromatic heterocycles. The van der Waals surface area contributed by atoms with Gasteiger partial charge in [0.1, 0.15) is 5.75 Å². The molecule has 110 valence electrons. The summed E-state index contributed by atoms with van der Waals surface area (Å²) in [6.45, 7) is 0. The minimum Gasteiger partial charge on any atom is -0.450 e. The Balaban J connectivity index is 2.47. The van der Waals surface area contributed by atoms with Crippen LogP contribution in [0.2, 0.25) is 0 Å². The number of benzene rings is 2. The van der Waals surface area contributed by atoms with Gasteiger partial charge in [0.05, 0.1) is 9.82 Å². The Hall–Kier alpha value is -1.68.